The molecule has 2 rings (SSSR count). The van der Waals surface area contributed by atoms with Crippen LogP contribution in [0.1, 0.15) is 27.2 Å². The third-order valence-electron chi connectivity index (χ3n) is 4.05. The molecule has 1 aromatic rings. The van der Waals surface area contributed by atoms with E-state index in [4.69, 9.17) is 21.6 Å². The highest BCUT2D eigenvalue weighted by molar-refractivity contribution is 6.31. The molecule has 1 aliphatic rings. The molecule has 27 heavy (non-hydrogen) atoms. The average molecular weight is 400 g/mol. The van der Waals surface area contributed by atoms with Crippen LogP contribution in [0.25, 0.3) is 0 Å². The molecular weight excluding hydrogens is 380 g/mol. The Bertz CT molecular complexity index is 806. The molecule has 1 aliphatic heterocycles. The largest absolute Gasteiger partial charge is 0.444 e. The summed E-state index contributed by atoms with van der Waals surface area (Å²) in [5.74, 6) is -1.29. The van der Waals surface area contributed by atoms with Gasteiger partial charge in [-0.1, -0.05) is 11.6 Å². The smallest absolute Gasteiger partial charge is 0.411 e. The van der Waals surface area contributed by atoms with Gasteiger partial charge >= 0.3 is 6.09 Å². The van der Waals surface area contributed by atoms with Crippen molar-refractivity contribution < 1.29 is 23.1 Å². The number of anilines is 1. The molecule has 146 valence electrons. The van der Waals surface area contributed by atoms with Crippen molar-refractivity contribution in [2.75, 3.05) is 18.5 Å². The standard InChI is InChI=1S/C18H20ClF2N3O3/c1-17(2,3)27-16(26)24-10-18(21,9-22)8-14(24)15(25)23(4)11-5-6-13(20)12(19)7-11/h5-7,14H,8,10H2,1-4H3/t14-,18-/m0/s1. The van der Waals surface area contributed by atoms with Gasteiger partial charge in [-0.3, -0.25) is 9.69 Å². The van der Waals surface area contributed by atoms with Crippen molar-refractivity contribution in [1.82, 2.24) is 4.90 Å². The Labute approximate surface area is 161 Å². The molecule has 0 unspecified atom stereocenters. The van der Waals surface area contributed by atoms with Crippen LogP contribution < -0.4 is 4.90 Å². The van der Waals surface area contributed by atoms with Crippen LogP contribution in [0.3, 0.4) is 0 Å². The number of ether oxygens (including phenoxy) is 1. The number of carbonyl (C=O) groups is 2. The number of hydrogen-bond donors (Lipinski definition) is 0. The van der Waals surface area contributed by atoms with Crippen LogP contribution in [0.4, 0.5) is 19.3 Å². The quantitative estimate of drug-likeness (QED) is 0.760. The normalized spacial score (nSPS) is 22.3. The van der Waals surface area contributed by atoms with Crippen LogP contribution in [0.2, 0.25) is 5.02 Å². The number of amides is 2. The van der Waals surface area contributed by atoms with Gasteiger partial charge in [-0.15, -0.1) is 0 Å². The first-order valence-corrected chi connectivity index (χ1v) is 8.57. The maximum Gasteiger partial charge on any atom is 0.411 e. The van der Waals surface area contributed by atoms with Crippen molar-refractivity contribution in [1.29, 1.82) is 5.26 Å². The number of likely N-dealkylation sites (N-methyl/N-ethyl adjacent to an activating group) is 1. The molecule has 1 fully saturated rings. The third-order valence-corrected chi connectivity index (χ3v) is 4.34. The lowest BCUT2D eigenvalue weighted by atomic mass is 10.0. The summed E-state index contributed by atoms with van der Waals surface area (Å²) in [6, 6.07) is 3.94. The van der Waals surface area contributed by atoms with Crippen molar-refractivity contribution in [2.45, 2.75) is 44.5 Å². The van der Waals surface area contributed by atoms with Crippen molar-refractivity contribution in [2.24, 2.45) is 0 Å². The number of halogens is 3. The van der Waals surface area contributed by atoms with Crippen LogP contribution in [0.5, 0.6) is 0 Å². The first kappa shape index (κ1) is 20.9. The zero-order chi connectivity index (χ0) is 20.6. The molecule has 0 saturated carbocycles. The second kappa shape index (κ2) is 7.31. The van der Waals surface area contributed by atoms with Gasteiger partial charge in [0.25, 0.3) is 0 Å². The minimum atomic E-state index is -2.36. The molecule has 2 amide bonds. The Morgan fingerprint density at radius 1 is 1.44 bits per heavy atom. The SMILES string of the molecule is CN(C(=O)[C@@H]1C[C@](F)(C#N)CN1C(=O)OC(C)(C)C)c1ccc(F)c(Cl)c1. The lowest BCUT2D eigenvalue weighted by Crippen LogP contribution is -2.48. The van der Waals surface area contributed by atoms with Gasteiger partial charge in [0.1, 0.15) is 23.5 Å². The van der Waals surface area contributed by atoms with E-state index in [0.29, 0.717) is 0 Å². The van der Waals surface area contributed by atoms with Crippen LogP contribution in [-0.4, -0.2) is 47.8 Å². The summed E-state index contributed by atoms with van der Waals surface area (Å²) in [7, 11) is 1.39. The van der Waals surface area contributed by atoms with Crippen LogP contribution in [-0.2, 0) is 9.53 Å². The summed E-state index contributed by atoms with van der Waals surface area (Å²) in [5.41, 5.74) is -2.95. The number of rotatable bonds is 2. The molecular formula is C18H20ClF2N3O3. The van der Waals surface area contributed by atoms with E-state index in [1.165, 1.54) is 25.2 Å². The summed E-state index contributed by atoms with van der Waals surface area (Å²) in [5, 5.41) is 8.91. The van der Waals surface area contributed by atoms with E-state index in [2.05, 4.69) is 0 Å². The Morgan fingerprint density at radius 2 is 2.07 bits per heavy atom. The predicted molar refractivity (Wildman–Crippen MR) is 95.6 cm³/mol. The highest BCUT2D eigenvalue weighted by Crippen LogP contribution is 2.33. The first-order chi connectivity index (χ1) is 12.4. The topological polar surface area (TPSA) is 73.6 Å². The average Bonchev–Trinajstić information content (AvgIpc) is 2.93. The van der Waals surface area contributed by atoms with Crippen LogP contribution in [0.15, 0.2) is 18.2 Å². The van der Waals surface area contributed by atoms with Gasteiger partial charge in [0.15, 0.2) is 0 Å². The number of carbonyl (C=O) groups excluding carboxylic acids is 2. The molecule has 1 saturated heterocycles. The molecule has 0 spiro atoms. The van der Waals surface area contributed by atoms with Gasteiger partial charge in [0.2, 0.25) is 11.6 Å². The second-order valence-electron chi connectivity index (χ2n) is 7.40. The molecule has 0 aromatic heterocycles. The summed E-state index contributed by atoms with van der Waals surface area (Å²) < 4.78 is 33.2. The lowest BCUT2D eigenvalue weighted by molar-refractivity contribution is -0.122. The Kier molecular flexibility index (Phi) is 5.66. The zero-order valence-corrected chi connectivity index (χ0v) is 16.2. The minimum absolute atomic E-state index is 0.181. The maximum absolute atomic E-state index is 14.6. The summed E-state index contributed by atoms with van der Waals surface area (Å²) in [6.07, 6.45) is -1.37. The number of benzene rings is 1. The van der Waals surface area contributed by atoms with E-state index < -0.39 is 48.1 Å². The first-order valence-electron chi connectivity index (χ1n) is 8.19. The van der Waals surface area contributed by atoms with E-state index in [9.17, 15) is 18.4 Å². The van der Waals surface area contributed by atoms with E-state index in [1.54, 1.807) is 20.8 Å². The van der Waals surface area contributed by atoms with E-state index in [0.717, 1.165) is 15.9 Å². The van der Waals surface area contributed by atoms with Crippen LogP contribution >= 0.6 is 11.6 Å². The van der Waals surface area contributed by atoms with Gasteiger partial charge in [-0.05, 0) is 39.0 Å². The molecule has 2 atom stereocenters. The van der Waals surface area contributed by atoms with Crippen molar-refractivity contribution >= 4 is 29.3 Å². The molecule has 0 N–H and O–H groups in total. The zero-order valence-electron chi connectivity index (χ0n) is 15.4. The van der Waals surface area contributed by atoms with E-state index in [-0.39, 0.29) is 10.7 Å². The molecule has 0 radical (unpaired) electrons. The van der Waals surface area contributed by atoms with Gasteiger partial charge in [0, 0.05) is 19.2 Å². The van der Waals surface area contributed by atoms with Crippen molar-refractivity contribution in [3.05, 3.63) is 29.0 Å². The number of likely N-dealkylation sites (tertiary alicyclic amines) is 1. The number of nitriles is 1. The molecule has 6 nitrogen and oxygen atoms in total. The number of alkyl halides is 1. The van der Waals surface area contributed by atoms with Gasteiger partial charge in [-0.2, -0.15) is 5.26 Å². The highest BCUT2D eigenvalue weighted by Gasteiger charge is 2.51. The Hall–Kier alpha value is -2.40. The molecule has 0 bridgehead atoms. The Balaban J connectivity index is 2.30. The molecule has 9 heteroatoms. The Morgan fingerprint density at radius 3 is 2.59 bits per heavy atom. The van der Waals surface area contributed by atoms with E-state index >= 15 is 0 Å². The van der Waals surface area contributed by atoms with Crippen LogP contribution in [0, 0.1) is 17.1 Å². The summed E-state index contributed by atoms with van der Waals surface area (Å²) >= 11 is 5.74. The summed E-state index contributed by atoms with van der Waals surface area (Å²) in [4.78, 5) is 27.4. The van der Waals surface area contributed by atoms with Crippen molar-refractivity contribution in [3.63, 3.8) is 0 Å². The third kappa shape index (κ3) is 4.66. The van der Waals surface area contributed by atoms with Crippen molar-refractivity contribution in [3.8, 4) is 6.07 Å². The monoisotopic (exact) mass is 399 g/mol. The number of hydrogen-bond acceptors (Lipinski definition) is 4. The fraction of sp³-hybridized carbons (Fsp3) is 0.500. The minimum Gasteiger partial charge on any atom is -0.444 e. The lowest BCUT2D eigenvalue weighted by Gasteiger charge is -2.30. The fourth-order valence-corrected chi connectivity index (χ4v) is 2.89. The predicted octanol–water partition coefficient (Wildman–Crippen LogP) is 3.68. The molecule has 1 heterocycles. The molecule has 0 aliphatic carbocycles. The fourth-order valence-electron chi connectivity index (χ4n) is 2.72. The molecule has 1 aromatic carbocycles. The van der Waals surface area contributed by atoms with Gasteiger partial charge in [-0.25, -0.2) is 13.6 Å². The van der Waals surface area contributed by atoms with E-state index in [1.807, 2.05) is 0 Å². The maximum atomic E-state index is 14.6. The number of nitrogens with zero attached hydrogens (tertiary/aromatic N) is 3. The summed E-state index contributed by atoms with van der Waals surface area (Å²) in [6.45, 7) is 4.33. The highest BCUT2D eigenvalue weighted by atomic mass is 35.5. The van der Waals surface area contributed by atoms with Gasteiger partial charge < -0.3 is 9.64 Å². The van der Waals surface area contributed by atoms with Gasteiger partial charge in [0.05, 0.1) is 11.6 Å². The second-order valence-corrected chi connectivity index (χ2v) is 7.81.